The van der Waals surface area contributed by atoms with Gasteiger partial charge in [0.25, 0.3) is 0 Å². The fourth-order valence-electron chi connectivity index (χ4n) is 1.74. The fourth-order valence-corrected chi connectivity index (χ4v) is 1.74. The van der Waals surface area contributed by atoms with Crippen molar-refractivity contribution in [2.24, 2.45) is 0 Å². The van der Waals surface area contributed by atoms with E-state index in [1.54, 1.807) is 6.92 Å². The molecule has 0 spiro atoms. The standard InChI is InChI=1S/C13H13NO/c1-2-3-4-13(15)11-6-5-10-7-8-14-12(10)9-11/h5-6,9,14H,4,7-8H2,1H3. The van der Waals surface area contributed by atoms with Gasteiger partial charge < -0.3 is 5.32 Å². The van der Waals surface area contributed by atoms with Gasteiger partial charge in [0.05, 0.1) is 6.42 Å². The van der Waals surface area contributed by atoms with Crippen molar-refractivity contribution in [1.29, 1.82) is 0 Å². The van der Waals surface area contributed by atoms with Gasteiger partial charge in [-0.15, -0.1) is 5.92 Å². The summed E-state index contributed by atoms with van der Waals surface area (Å²) >= 11 is 0. The minimum atomic E-state index is 0.0980. The first-order valence-electron chi connectivity index (χ1n) is 5.11. The number of ketones is 1. The highest BCUT2D eigenvalue weighted by molar-refractivity contribution is 5.98. The Morgan fingerprint density at radius 1 is 1.53 bits per heavy atom. The van der Waals surface area contributed by atoms with Gasteiger partial charge in [-0.05, 0) is 25.0 Å². The molecule has 0 unspecified atom stereocenters. The molecule has 2 heteroatoms. The van der Waals surface area contributed by atoms with Gasteiger partial charge >= 0.3 is 0 Å². The van der Waals surface area contributed by atoms with E-state index in [9.17, 15) is 4.79 Å². The quantitative estimate of drug-likeness (QED) is 0.584. The molecule has 1 aliphatic rings. The molecule has 0 fully saturated rings. The van der Waals surface area contributed by atoms with Crippen LogP contribution in [0.2, 0.25) is 0 Å². The molecular formula is C13H13NO. The molecule has 1 aliphatic heterocycles. The zero-order valence-corrected chi connectivity index (χ0v) is 8.76. The van der Waals surface area contributed by atoms with Crippen molar-refractivity contribution >= 4 is 11.5 Å². The molecule has 0 radical (unpaired) electrons. The molecule has 15 heavy (non-hydrogen) atoms. The summed E-state index contributed by atoms with van der Waals surface area (Å²) in [6, 6.07) is 5.86. The van der Waals surface area contributed by atoms with Gasteiger partial charge in [-0.1, -0.05) is 18.1 Å². The molecule has 76 valence electrons. The van der Waals surface area contributed by atoms with E-state index in [1.165, 1.54) is 5.56 Å². The van der Waals surface area contributed by atoms with Gasteiger partial charge in [-0.2, -0.15) is 0 Å². The third kappa shape index (κ3) is 2.02. The predicted octanol–water partition coefficient (Wildman–Crippen LogP) is 2.25. The number of hydrogen-bond acceptors (Lipinski definition) is 2. The van der Waals surface area contributed by atoms with Crippen molar-refractivity contribution in [3.05, 3.63) is 29.3 Å². The molecule has 0 saturated heterocycles. The lowest BCUT2D eigenvalue weighted by Gasteiger charge is -2.02. The molecule has 2 rings (SSSR count). The van der Waals surface area contributed by atoms with Crippen LogP contribution in [0.5, 0.6) is 0 Å². The molecular weight excluding hydrogens is 186 g/mol. The van der Waals surface area contributed by atoms with Gasteiger partial charge in [0.2, 0.25) is 0 Å². The molecule has 1 aromatic carbocycles. The maximum absolute atomic E-state index is 11.7. The number of benzene rings is 1. The Hall–Kier alpha value is -1.75. The van der Waals surface area contributed by atoms with E-state index >= 15 is 0 Å². The third-order valence-electron chi connectivity index (χ3n) is 2.57. The van der Waals surface area contributed by atoms with Crippen molar-refractivity contribution in [3.8, 4) is 11.8 Å². The molecule has 1 aromatic rings. The van der Waals surface area contributed by atoms with E-state index in [2.05, 4.69) is 17.2 Å². The Labute approximate surface area is 89.7 Å². The fraction of sp³-hybridized carbons (Fsp3) is 0.308. The molecule has 0 amide bonds. The molecule has 1 heterocycles. The zero-order valence-electron chi connectivity index (χ0n) is 8.76. The van der Waals surface area contributed by atoms with E-state index in [0.717, 1.165) is 24.2 Å². The number of carbonyl (C=O) groups excluding carboxylic acids is 1. The number of hydrogen-bond donors (Lipinski definition) is 1. The summed E-state index contributed by atoms with van der Waals surface area (Å²) in [4.78, 5) is 11.7. The van der Waals surface area contributed by atoms with Gasteiger partial charge in [0, 0.05) is 17.8 Å². The first-order chi connectivity index (χ1) is 7.31. The molecule has 0 bridgehead atoms. The first-order valence-corrected chi connectivity index (χ1v) is 5.11. The molecule has 0 aromatic heterocycles. The molecule has 1 N–H and O–H groups in total. The number of Topliss-reactive ketones (excluding diaryl/α,β-unsaturated/α-hetero) is 1. The molecule has 0 atom stereocenters. The van der Waals surface area contributed by atoms with Crippen LogP contribution in [-0.2, 0) is 6.42 Å². The number of nitrogens with one attached hydrogen (secondary N) is 1. The highest BCUT2D eigenvalue weighted by Crippen LogP contribution is 2.23. The molecule has 2 nitrogen and oxygen atoms in total. The average molecular weight is 199 g/mol. The van der Waals surface area contributed by atoms with E-state index in [0.29, 0.717) is 6.42 Å². The summed E-state index contributed by atoms with van der Waals surface area (Å²) in [7, 11) is 0. The van der Waals surface area contributed by atoms with Crippen LogP contribution >= 0.6 is 0 Å². The van der Waals surface area contributed by atoms with Gasteiger partial charge in [0.1, 0.15) is 0 Å². The molecule has 0 saturated carbocycles. The van der Waals surface area contributed by atoms with Crippen LogP contribution in [0.3, 0.4) is 0 Å². The summed E-state index contributed by atoms with van der Waals surface area (Å²) < 4.78 is 0. The second-order valence-electron chi connectivity index (χ2n) is 3.58. The van der Waals surface area contributed by atoms with Crippen LogP contribution in [0.1, 0.15) is 29.3 Å². The highest BCUT2D eigenvalue weighted by Gasteiger charge is 2.12. The minimum absolute atomic E-state index is 0.0980. The number of rotatable bonds is 2. The minimum Gasteiger partial charge on any atom is -0.384 e. The smallest absolute Gasteiger partial charge is 0.174 e. The third-order valence-corrected chi connectivity index (χ3v) is 2.57. The summed E-state index contributed by atoms with van der Waals surface area (Å²) in [5.41, 5.74) is 3.16. The summed E-state index contributed by atoms with van der Waals surface area (Å²) in [6.07, 6.45) is 1.37. The number of carbonyl (C=O) groups is 1. The zero-order chi connectivity index (χ0) is 10.7. The Morgan fingerprint density at radius 3 is 3.20 bits per heavy atom. The topological polar surface area (TPSA) is 29.1 Å². The van der Waals surface area contributed by atoms with Crippen molar-refractivity contribution in [1.82, 2.24) is 0 Å². The van der Waals surface area contributed by atoms with E-state index in [-0.39, 0.29) is 5.78 Å². The van der Waals surface area contributed by atoms with E-state index in [4.69, 9.17) is 0 Å². The number of anilines is 1. The van der Waals surface area contributed by atoms with Gasteiger partial charge in [-0.25, -0.2) is 0 Å². The highest BCUT2D eigenvalue weighted by atomic mass is 16.1. The average Bonchev–Trinajstić information content (AvgIpc) is 2.72. The van der Waals surface area contributed by atoms with Crippen molar-refractivity contribution < 1.29 is 4.79 Å². The largest absolute Gasteiger partial charge is 0.384 e. The summed E-state index contributed by atoms with van der Waals surface area (Å²) in [6.45, 7) is 2.72. The van der Waals surface area contributed by atoms with E-state index in [1.807, 2.05) is 18.2 Å². The van der Waals surface area contributed by atoms with Crippen molar-refractivity contribution in [3.63, 3.8) is 0 Å². The van der Waals surface area contributed by atoms with Crippen molar-refractivity contribution in [2.45, 2.75) is 19.8 Å². The van der Waals surface area contributed by atoms with Crippen LogP contribution in [0, 0.1) is 11.8 Å². The SMILES string of the molecule is CC#CCC(=O)c1ccc2c(c1)NCC2. The van der Waals surface area contributed by atoms with Crippen LogP contribution in [-0.4, -0.2) is 12.3 Å². The Morgan fingerprint density at radius 2 is 2.40 bits per heavy atom. The lowest BCUT2D eigenvalue weighted by molar-refractivity contribution is 0.0998. The monoisotopic (exact) mass is 199 g/mol. The van der Waals surface area contributed by atoms with Gasteiger partial charge in [-0.3, -0.25) is 4.79 Å². The maximum Gasteiger partial charge on any atom is 0.174 e. The lowest BCUT2D eigenvalue weighted by atomic mass is 10.0. The van der Waals surface area contributed by atoms with Crippen molar-refractivity contribution in [2.75, 3.05) is 11.9 Å². The second kappa shape index (κ2) is 4.18. The second-order valence-corrected chi connectivity index (χ2v) is 3.58. The Balaban J connectivity index is 2.21. The van der Waals surface area contributed by atoms with E-state index < -0.39 is 0 Å². The first kappa shape index (κ1) is 9.79. The van der Waals surface area contributed by atoms with Crippen LogP contribution in [0.25, 0.3) is 0 Å². The van der Waals surface area contributed by atoms with Crippen LogP contribution in [0.4, 0.5) is 5.69 Å². The normalized spacial score (nSPS) is 12.3. The van der Waals surface area contributed by atoms with Crippen LogP contribution < -0.4 is 5.32 Å². The lowest BCUT2D eigenvalue weighted by Crippen LogP contribution is -1.98. The Bertz CT molecular complexity index is 451. The number of fused-ring (bicyclic) bond motifs is 1. The summed E-state index contributed by atoms with van der Waals surface area (Å²) in [5.74, 6) is 5.63. The Kier molecular flexibility index (Phi) is 2.73. The molecule has 0 aliphatic carbocycles. The maximum atomic E-state index is 11.7. The van der Waals surface area contributed by atoms with Crippen LogP contribution in [0.15, 0.2) is 18.2 Å². The summed E-state index contributed by atoms with van der Waals surface area (Å²) in [5, 5.41) is 3.26. The predicted molar refractivity (Wildman–Crippen MR) is 61.0 cm³/mol. The van der Waals surface area contributed by atoms with Gasteiger partial charge in [0.15, 0.2) is 5.78 Å².